The second-order valence-electron chi connectivity index (χ2n) is 4.66. The molecule has 0 aliphatic rings. The van der Waals surface area contributed by atoms with Crippen molar-refractivity contribution in [3.05, 3.63) is 52.8 Å². The first-order valence-electron chi connectivity index (χ1n) is 6.42. The number of halogens is 3. The Morgan fingerprint density at radius 3 is 2.43 bits per heavy atom. The molecule has 0 heterocycles. The lowest BCUT2D eigenvalue weighted by Gasteiger charge is -2.15. The van der Waals surface area contributed by atoms with E-state index >= 15 is 0 Å². The molecule has 2 aromatic carbocycles. The van der Waals surface area contributed by atoms with Crippen molar-refractivity contribution in [3.63, 3.8) is 0 Å². The van der Waals surface area contributed by atoms with Gasteiger partial charge in [0.25, 0.3) is 5.91 Å². The standard InChI is InChI=1S/C15H13F3N2O2S/c1-7-5-8(23-2)3-4-11(7)19-14-9(15(21)20-22)6-10(16)12(17)13(14)18/h3-6,19,22H,1-2H3,(H,20,21). The predicted molar refractivity (Wildman–Crippen MR) is 81.8 cm³/mol. The minimum Gasteiger partial charge on any atom is -0.352 e. The van der Waals surface area contributed by atoms with Gasteiger partial charge < -0.3 is 5.32 Å². The lowest BCUT2D eigenvalue weighted by Crippen LogP contribution is -2.21. The Kier molecular flexibility index (Phi) is 5.17. The van der Waals surface area contributed by atoms with Gasteiger partial charge in [0.1, 0.15) is 0 Å². The number of carbonyl (C=O) groups is 1. The van der Waals surface area contributed by atoms with Crippen molar-refractivity contribution in [2.45, 2.75) is 11.8 Å². The number of aryl methyl sites for hydroxylation is 1. The van der Waals surface area contributed by atoms with Crippen molar-refractivity contribution in [2.24, 2.45) is 0 Å². The largest absolute Gasteiger partial charge is 0.352 e. The molecule has 3 N–H and O–H groups in total. The molecule has 0 aliphatic heterocycles. The molecule has 0 aliphatic carbocycles. The Morgan fingerprint density at radius 2 is 1.87 bits per heavy atom. The molecule has 2 rings (SSSR count). The zero-order valence-corrected chi connectivity index (χ0v) is 13.0. The fraction of sp³-hybridized carbons (Fsp3) is 0.133. The summed E-state index contributed by atoms with van der Waals surface area (Å²) in [6.45, 7) is 1.74. The van der Waals surface area contributed by atoms with Crippen molar-refractivity contribution in [2.75, 3.05) is 11.6 Å². The van der Waals surface area contributed by atoms with Gasteiger partial charge >= 0.3 is 0 Å². The Bertz CT molecular complexity index is 769. The van der Waals surface area contributed by atoms with Crippen LogP contribution in [0.1, 0.15) is 15.9 Å². The number of thioether (sulfide) groups is 1. The summed E-state index contributed by atoms with van der Waals surface area (Å²) in [5.41, 5.74) is 1.29. The molecule has 0 fully saturated rings. The number of rotatable bonds is 4. The van der Waals surface area contributed by atoms with Crippen molar-refractivity contribution in [3.8, 4) is 0 Å². The summed E-state index contributed by atoms with van der Waals surface area (Å²) in [6, 6.07) is 5.71. The first-order valence-corrected chi connectivity index (χ1v) is 7.65. The molecule has 8 heteroatoms. The number of nitrogens with one attached hydrogen (secondary N) is 2. The van der Waals surface area contributed by atoms with Gasteiger partial charge in [0.05, 0.1) is 11.3 Å². The van der Waals surface area contributed by atoms with E-state index < -0.39 is 34.6 Å². The summed E-state index contributed by atoms with van der Waals surface area (Å²) in [6.07, 6.45) is 1.89. The van der Waals surface area contributed by atoms with E-state index in [4.69, 9.17) is 5.21 Å². The number of anilines is 2. The summed E-state index contributed by atoms with van der Waals surface area (Å²) in [5.74, 6) is -5.94. The van der Waals surface area contributed by atoms with E-state index in [1.54, 1.807) is 19.1 Å². The first kappa shape index (κ1) is 17.2. The molecule has 0 unspecified atom stereocenters. The highest BCUT2D eigenvalue weighted by Crippen LogP contribution is 2.31. The lowest BCUT2D eigenvalue weighted by atomic mass is 10.1. The fourth-order valence-electron chi connectivity index (χ4n) is 1.99. The van der Waals surface area contributed by atoms with Crippen LogP contribution in [0.2, 0.25) is 0 Å². The lowest BCUT2D eigenvalue weighted by molar-refractivity contribution is 0.0706. The second kappa shape index (κ2) is 6.93. The minimum atomic E-state index is -1.71. The number of hydrogen-bond acceptors (Lipinski definition) is 4. The molecule has 0 aromatic heterocycles. The van der Waals surface area contributed by atoms with Crippen molar-refractivity contribution >= 4 is 29.0 Å². The molecule has 0 saturated carbocycles. The molecular formula is C15H13F3N2O2S. The van der Waals surface area contributed by atoms with Crippen LogP contribution in [0.25, 0.3) is 0 Å². The van der Waals surface area contributed by atoms with Gasteiger partial charge in [-0.3, -0.25) is 10.0 Å². The molecule has 0 saturated heterocycles. The van der Waals surface area contributed by atoms with Gasteiger partial charge in [0.15, 0.2) is 17.5 Å². The van der Waals surface area contributed by atoms with Crippen molar-refractivity contribution in [1.82, 2.24) is 5.48 Å². The second-order valence-corrected chi connectivity index (χ2v) is 5.54. The summed E-state index contributed by atoms with van der Waals surface area (Å²) in [5, 5.41) is 11.3. The van der Waals surface area contributed by atoms with Crippen LogP contribution in [0, 0.1) is 24.4 Å². The van der Waals surface area contributed by atoms with E-state index in [9.17, 15) is 18.0 Å². The maximum Gasteiger partial charge on any atom is 0.276 e. The molecule has 23 heavy (non-hydrogen) atoms. The highest BCUT2D eigenvalue weighted by molar-refractivity contribution is 7.98. The van der Waals surface area contributed by atoms with E-state index in [2.05, 4.69) is 5.32 Å². The van der Waals surface area contributed by atoms with Gasteiger partial charge in [-0.2, -0.15) is 0 Å². The quantitative estimate of drug-likeness (QED) is 0.340. The van der Waals surface area contributed by atoms with Crippen LogP contribution in [0.15, 0.2) is 29.2 Å². The van der Waals surface area contributed by atoms with Crippen LogP contribution in [-0.4, -0.2) is 17.4 Å². The highest BCUT2D eigenvalue weighted by atomic mass is 32.2. The summed E-state index contributed by atoms with van der Waals surface area (Å²) in [4.78, 5) is 12.5. The number of hydrogen-bond donors (Lipinski definition) is 3. The normalized spacial score (nSPS) is 10.5. The van der Waals surface area contributed by atoms with Crippen LogP contribution in [0.3, 0.4) is 0 Å². The Labute approximate surface area is 134 Å². The molecule has 0 atom stereocenters. The zero-order valence-electron chi connectivity index (χ0n) is 12.2. The first-order chi connectivity index (χ1) is 10.9. The molecule has 0 bridgehead atoms. The van der Waals surface area contributed by atoms with E-state index in [1.807, 2.05) is 12.3 Å². The molecule has 122 valence electrons. The Morgan fingerprint density at radius 1 is 1.17 bits per heavy atom. The number of carbonyl (C=O) groups excluding carboxylic acids is 1. The number of benzene rings is 2. The molecule has 0 radical (unpaired) electrons. The summed E-state index contributed by atoms with van der Waals surface area (Å²) < 4.78 is 40.8. The fourth-order valence-corrected chi connectivity index (χ4v) is 2.49. The molecule has 4 nitrogen and oxygen atoms in total. The Hall–Kier alpha value is -2.19. The third-order valence-electron chi connectivity index (χ3n) is 3.20. The maximum atomic E-state index is 14.0. The van der Waals surface area contributed by atoms with Gasteiger partial charge in [-0.15, -0.1) is 11.8 Å². The SMILES string of the molecule is CSc1ccc(Nc2c(C(=O)NO)cc(F)c(F)c2F)c(C)c1. The van der Waals surface area contributed by atoms with Crippen LogP contribution in [-0.2, 0) is 0 Å². The van der Waals surface area contributed by atoms with Crippen molar-refractivity contribution in [1.29, 1.82) is 0 Å². The van der Waals surface area contributed by atoms with Crippen LogP contribution in [0.4, 0.5) is 24.5 Å². The monoisotopic (exact) mass is 342 g/mol. The zero-order chi connectivity index (χ0) is 17.1. The summed E-state index contributed by atoms with van der Waals surface area (Å²) in [7, 11) is 0. The third-order valence-corrected chi connectivity index (χ3v) is 3.93. The van der Waals surface area contributed by atoms with Gasteiger partial charge in [-0.25, -0.2) is 18.7 Å². The predicted octanol–water partition coefficient (Wildman–Crippen LogP) is 4.00. The van der Waals surface area contributed by atoms with E-state index in [0.29, 0.717) is 11.8 Å². The third kappa shape index (κ3) is 3.43. The smallest absolute Gasteiger partial charge is 0.276 e. The number of amides is 1. The van der Waals surface area contributed by atoms with Gasteiger partial charge in [-0.1, -0.05) is 0 Å². The van der Waals surface area contributed by atoms with Crippen molar-refractivity contribution < 1.29 is 23.2 Å². The molecule has 1 amide bonds. The topological polar surface area (TPSA) is 61.4 Å². The minimum absolute atomic E-state index is 0.416. The van der Waals surface area contributed by atoms with Crippen LogP contribution >= 0.6 is 11.8 Å². The van der Waals surface area contributed by atoms with Gasteiger partial charge in [-0.05, 0) is 43.0 Å². The molecule has 2 aromatic rings. The average Bonchev–Trinajstić information content (AvgIpc) is 2.55. The van der Waals surface area contributed by atoms with E-state index in [1.165, 1.54) is 17.2 Å². The van der Waals surface area contributed by atoms with Gasteiger partial charge in [0.2, 0.25) is 0 Å². The molecule has 0 spiro atoms. The number of hydroxylamine groups is 1. The highest BCUT2D eigenvalue weighted by Gasteiger charge is 2.23. The Balaban J connectivity index is 2.54. The maximum absolute atomic E-state index is 14.0. The van der Waals surface area contributed by atoms with Gasteiger partial charge in [0, 0.05) is 10.6 Å². The van der Waals surface area contributed by atoms with Crippen LogP contribution < -0.4 is 10.8 Å². The average molecular weight is 342 g/mol. The van der Waals surface area contributed by atoms with E-state index in [0.717, 1.165) is 10.5 Å². The molecular weight excluding hydrogens is 329 g/mol. The summed E-state index contributed by atoms with van der Waals surface area (Å²) >= 11 is 1.51. The van der Waals surface area contributed by atoms with E-state index in [-0.39, 0.29) is 0 Å². The van der Waals surface area contributed by atoms with Crippen LogP contribution in [0.5, 0.6) is 0 Å².